The van der Waals surface area contributed by atoms with Crippen LogP contribution < -0.4 is 10.6 Å². The van der Waals surface area contributed by atoms with E-state index < -0.39 is 5.25 Å². The number of carbonyl (C=O) groups excluding carboxylic acids is 2. The Hall–Kier alpha value is -2.49. The second-order valence-electron chi connectivity index (χ2n) is 5.53. The zero-order chi connectivity index (χ0) is 17.8. The number of carbonyl (C=O) groups is 2. The van der Waals surface area contributed by atoms with Crippen LogP contribution in [0.4, 0.5) is 5.69 Å². The van der Waals surface area contributed by atoms with Gasteiger partial charge in [-0.3, -0.25) is 9.59 Å². The zero-order valence-electron chi connectivity index (χ0n) is 13.1. The van der Waals surface area contributed by atoms with Crippen molar-refractivity contribution in [1.82, 2.24) is 5.32 Å². The van der Waals surface area contributed by atoms with E-state index in [1.165, 1.54) is 11.8 Å². The van der Waals surface area contributed by atoms with Crippen molar-refractivity contribution in [3.8, 4) is 6.07 Å². The van der Waals surface area contributed by atoms with Crippen LogP contribution in [-0.2, 0) is 16.1 Å². The highest BCUT2D eigenvalue weighted by atomic mass is 35.5. The molecule has 0 radical (unpaired) electrons. The number of amides is 2. The molecule has 1 aliphatic heterocycles. The molecule has 2 aromatic rings. The molecular formula is C18H14ClN3O2S. The molecule has 25 heavy (non-hydrogen) atoms. The number of hydrogen-bond acceptors (Lipinski definition) is 4. The quantitative estimate of drug-likeness (QED) is 0.863. The molecule has 0 aromatic heterocycles. The summed E-state index contributed by atoms with van der Waals surface area (Å²) in [7, 11) is 0. The van der Waals surface area contributed by atoms with E-state index in [0.29, 0.717) is 22.8 Å². The molecule has 1 atom stereocenters. The Labute approximate surface area is 154 Å². The summed E-state index contributed by atoms with van der Waals surface area (Å²) in [6, 6.07) is 14.3. The second kappa shape index (κ2) is 7.60. The van der Waals surface area contributed by atoms with Crippen molar-refractivity contribution in [3.63, 3.8) is 0 Å². The summed E-state index contributed by atoms with van der Waals surface area (Å²) in [5.74, 6) is -0.400. The van der Waals surface area contributed by atoms with E-state index >= 15 is 0 Å². The van der Waals surface area contributed by atoms with Gasteiger partial charge in [-0.05, 0) is 35.9 Å². The van der Waals surface area contributed by atoms with Gasteiger partial charge in [0.2, 0.25) is 11.8 Å². The first-order valence-corrected chi connectivity index (χ1v) is 8.84. The van der Waals surface area contributed by atoms with Gasteiger partial charge in [0.15, 0.2) is 0 Å². The fourth-order valence-corrected chi connectivity index (χ4v) is 3.66. The molecule has 3 rings (SSSR count). The fraction of sp³-hybridized carbons (Fsp3) is 0.167. The largest absolute Gasteiger partial charge is 0.352 e. The number of anilines is 1. The minimum atomic E-state index is -0.477. The van der Waals surface area contributed by atoms with Crippen LogP contribution >= 0.6 is 23.4 Å². The Bertz CT molecular complexity index is 862. The molecule has 2 N–H and O–H groups in total. The number of fused-ring (bicyclic) bond motifs is 1. The van der Waals surface area contributed by atoms with E-state index in [9.17, 15) is 9.59 Å². The van der Waals surface area contributed by atoms with E-state index in [1.54, 1.807) is 36.4 Å². The summed E-state index contributed by atoms with van der Waals surface area (Å²) in [6.45, 7) is 0.357. The number of benzene rings is 2. The highest BCUT2D eigenvalue weighted by Gasteiger charge is 2.29. The summed E-state index contributed by atoms with van der Waals surface area (Å²) in [6.07, 6.45) is 0.0921. The van der Waals surface area contributed by atoms with Gasteiger partial charge in [-0.2, -0.15) is 5.26 Å². The lowest BCUT2D eigenvalue weighted by atomic mass is 10.1. The molecule has 0 saturated carbocycles. The van der Waals surface area contributed by atoms with Gasteiger partial charge in [-0.25, -0.2) is 0 Å². The zero-order valence-corrected chi connectivity index (χ0v) is 14.7. The van der Waals surface area contributed by atoms with E-state index in [1.807, 2.05) is 12.1 Å². The van der Waals surface area contributed by atoms with Gasteiger partial charge in [0.25, 0.3) is 0 Å². The Morgan fingerprint density at radius 3 is 2.76 bits per heavy atom. The number of nitriles is 1. The monoisotopic (exact) mass is 371 g/mol. The Morgan fingerprint density at radius 1 is 1.28 bits per heavy atom. The maximum Gasteiger partial charge on any atom is 0.238 e. The number of nitrogens with zero attached hydrogens (tertiary/aromatic N) is 1. The van der Waals surface area contributed by atoms with E-state index in [2.05, 4.69) is 10.6 Å². The molecule has 2 amide bonds. The number of nitrogens with one attached hydrogen (secondary N) is 2. The van der Waals surface area contributed by atoms with Crippen molar-refractivity contribution in [3.05, 3.63) is 58.6 Å². The maximum absolute atomic E-state index is 12.2. The lowest BCUT2D eigenvalue weighted by molar-refractivity contribution is -0.124. The van der Waals surface area contributed by atoms with Crippen LogP contribution in [0.2, 0.25) is 5.02 Å². The van der Waals surface area contributed by atoms with Crippen LogP contribution in [0.3, 0.4) is 0 Å². The summed E-state index contributed by atoms with van der Waals surface area (Å²) in [4.78, 5) is 25.2. The van der Waals surface area contributed by atoms with Crippen molar-refractivity contribution < 1.29 is 9.59 Å². The highest BCUT2D eigenvalue weighted by Crippen LogP contribution is 2.38. The molecule has 0 bridgehead atoms. The lowest BCUT2D eigenvalue weighted by Crippen LogP contribution is -2.34. The van der Waals surface area contributed by atoms with Gasteiger partial charge in [-0.1, -0.05) is 23.7 Å². The Kier molecular flexibility index (Phi) is 5.27. The Morgan fingerprint density at radius 2 is 2.04 bits per heavy atom. The van der Waals surface area contributed by atoms with E-state index in [-0.39, 0.29) is 18.2 Å². The number of halogens is 1. The minimum Gasteiger partial charge on any atom is -0.352 e. The van der Waals surface area contributed by atoms with Crippen molar-refractivity contribution in [1.29, 1.82) is 5.26 Å². The van der Waals surface area contributed by atoms with Crippen LogP contribution in [0, 0.1) is 11.3 Å². The van der Waals surface area contributed by atoms with Crippen LogP contribution in [0.15, 0.2) is 47.4 Å². The van der Waals surface area contributed by atoms with E-state index in [0.717, 1.165) is 10.5 Å². The van der Waals surface area contributed by atoms with Crippen LogP contribution in [0.1, 0.15) is 17.5 Å². The molecule has 1 aliphatic rings. The molecule has 0 fully saturated rings. The van der Waals surface area contributed by atoms with E-state index in [4.69, 9.17) is 16.9 Å². The normalized spacial score (nSPS) is 15.7. The topological polar surface area (TPSA) is 82.0 Å². The molecule has 2 aromatic carbocycles. The number of hydrogen-bond donors (Lipinski definition) is 2. The molecule has 1 heterocycles. The molecule has 1 unspecified atom stereocenters. The Balaban J connectivity index is 1.56. The third kappa shape index (κ3) is 4.32. The van der Waals surface area contributed by atoms with Crippen LogP contribution in [-0.4, -0.2) is 17.1 Å². The molecule has 7 heteroatoms. The standard InChI is InChI=1S/C18H14ClN3O2S/c19-13-5-6-15-14(7-13)22-18(24)16(25-15)8-17(23)21-10-12-3-1-11(9-20)2-4-12/h1-7,16H,8,10H2,(H,21,23)(H,22,24). The highest BCUT2D eigenvalue weighted by molar-refractivity contribution is 8.01. The first-order chi connectivity index (χ1) is 12.0. The summed E-state index contributed by atoms with van der Waals surface area (Å²) in [5, 5.41) is 14.4. The van der Waals surface area contributed by atoms with Crippen molar-refractivity contribution in [2.24, 2.45) is 0 Å². The molecule has 126 valence electrons. The van der Waals surface area contributed by atoms with Gasteiger partial charge in [0, 0.05) is 22.9 Å². The number of rotatable bonds is 4. The van der Waals surface area contributed by atoms with Gasteiger partial charge in [-0.15, -0.1) is 11.8 Å². The van der Waals surface area contributed by atoms with Crippen molar-refractivity contribution in [2.75, 3.05) is 5.32 Å². The first-order valence-electron chi connectivity index (χ1n) is 7.58. The first kappa shape index (κ1) is 17.3. The number of thioether (sulfide) groups is 1. The van der Waals surface area contributed by atoms with Gasteiger partial charge >= 0.3 is 0 Å². The smallest absolute Gasteiger partial charge is 0.238 e. The van der Waals surface area contributed by atoms with Crippen molar-refractivity contribution >= 4 is 40.9 Å². The summed E-state index contributed by atoms with van der Waals surface area (Å²) in [5.41, 5.74) is 2.15. The molecular weight excluding hydrogens is 358 g/mol. The average molecular weight is 372 g/mol. The molecule has 5 nitrogen and oxygen atoms in total. The maximum atomic E-state index is 12.2. The fourth-order valence-electron chi connectivity index (χ4n) is 2.40. The second-order valence-corrected chi connectivity index (χ2v) is 7.21. The molecule has 0 spiro atoms. The van der Waals surface area contributed by atoms with Crippen LogP contribution in [0.5, 0.6) is 0 Å². The van der Waals surface area contributed by atoms with Gasteiger partial charge < -0.3 is 10.6 Å². The summed E-state index contributed by atoms with van der Waals surface area (Å²) < 4.78 is 0. The summed E-state index contributed by atoms with van der Waals surface area (Å²) >= 11 is 7.28. The third-order valence-corrected chi connectivity index (χ3v) is 5.21. The predicted octanol–water partition coefficient (Wildman–Crippen LogP) is 3.33. The minimum absolute atomic E-state index is 0.0921. The predicted molar refractivity (Wildman–Crippen MR) is 97.3 cm³/mol. The lowest BCUT2D eigenvalue weighted by Gasteiger charge is -2.23. The van der Waals surface area contributed by atoms with Gasteiger partial charge in [0.1, 0.15) is 0 Å². The molecule has 0 saturated heterocycles. The SMILES string of the molecule is N#Cc1ccc(CNC(=O)CC2Sc3ccc(Cl)cc3NC2=O)cc1. The van der Waals surface area contributed by atoms with Crippen LogP contribution in [0.25, 0.3) is 0 Å². The molecule has 0 aliphatic carbocycles. The third-order valence-electron chi connectivity index (χ3n) is 3.70. The van der Waals surface area contributed by atoms with Crippen molar-refractivity contribution in [2.45, 2.75) is 23.1 Å². The van der Waals surface area contributed by atoms with Gasteiger partial charge in [0.05, 0.1) is 22.6 Å². The average Bonchev–Trinajstić information content (AvgIpc) is 2.61.